The number of amides is 1. The number of rotatable bonds is 6. The van der Waals surface area contributed by atoms with Crippen LogP contribution in [0.4, 0.5) is 4.79 Å². The van der Waals surface area contributed by atoms with Crippen molar-refractivity contribution < 1.29 is 39.5 Å². The number of hydrogen-bond acceptors (Lipinski definition) is 7. The second kappa shape index (κ2) is 10.7. The highest BCUT2D eigenvalue weighted by Gasteiger charge is 2.42. The average molecular weight is 410 g/mol. The zero-order valence-electron chi connectivity index (χ0n) is 15.7. The zero-order valence-corrected chi connectivity index (χ0v) is 15.7. The number of hydrogen-bond donors (Lipinski definition) is 6. The van der Waals surface area contributed by atoms with Gasteiger partial charge < -0.3 is 35.8 Å². The molecular weight excluding hydrogens is 384 g/mol. The third kappa shape index (κ3) is 7.33. The summed E-state index contributed by atoms with van der Waals surface area (Å²) in [5.74, 6) is -3.15. The van der Waals surface area contributed by atoms with E-state index in [1.807, 2.05) is 18.2 Å². The van der Waals surface area contributed by atoms with Gasteiger partial charge in [-0.2, -0.15) is 0 Å². The van der Waals surface area contributed by atoms with Crippen molar-refractivity contribution in [2.45, 2.75) is 49.5 Å². The summed E-state index contributed by atoms with van der Waals surface area (Å²) in [5.41, 5.74) is 1.27. The Labute approximate surface area is 167 Å². The minimum absolute atomic E-state index is 0.0594. The molecule has 1 saturated heterocycles. The van der Waals surface area contributed by atoms with E-state index in [4.69, 9.17) is 25.2 Å². The van der Waals surface area contributed by atoms with Gasteiger partial charge in [-0.15, -0.1) is 0 Å². The standard InChI is InChI=1S/C15H20N2O2.C4H6O6/c18-15(17-12-6-8-16-9-7-12)19-14-10-13(14)11-4-2-1-3-5-11;5-1(3(7)8)2(6)4(9)10/h1-5,12-14,16H,6-10H2,(H,17,18);1-2,5-6H,(H,7,8)(H,9,10)/t13-,14-;/m0./s1. The molecule has 2 aliphatic rings. The summed E-state index contributed by atoms with van der Waals surface area (Å²) < 4.78 is 5.46. The third-order valence-corrected chi connectivity index (χ3v) is 4.68. The van der Waals surface area contributed by atoms with Gasteiger partial charge in [0.2, 0.25) is 0 Å². The van der Waals surface area contributed by atoms with Crippen molar-refractivity contribution in [3.05, 3.63) is 35.9 Å². The molecule has 10 nitrogen and oxygen atoms in total. The maximum Gasteiger partial charge on any atom is 0.407 e. The molecule has 1 aromatic carbocycles. The lowest BCUT2D eigenvalue weighted by Crippen LogP contribution is -2.43. The van der Waals surface area contributed by atoms with E-state index in [0.717, 1.165) is 32.4 Å². The van der Waals surface area contributed by atoms with Crippen LogP contribution in [0.15, 0.2) is 30.3 Å². The molecule has 10 heteroatoms. The summed E-state index contributed by atoms with van der Waals surface area (Å²) in [5, 5.41) is 38.8. The zero-order chi connectivity index (χ0) is 21.4. The smallest absolute Gasteiger partial charge is 0.407 e. The van der Waals surface area contributed by atoms with Crippen LogP contribution in [0.1, 0.15) is 30.7 Å². The van der Waals surface area contributed by atoms with Crippen molar-refractivity contribution in [2.75, 3.05) is 13.1 Å². The maximum atomic E-state index is 11.8. The first-order valence-corrected chi connectivity index (χ1v) is 9.34. The number of carbonyl (C=O) groups is 3. The number of aliphatic carboxylic acids is 2. The van der Waals surface area contributed by atoms with Gasteiger partial charge in [-0.3, -0.25) is 0 Å². The number of carbonyl (C=O) groups excluding carboxylic acids is 1. The first kappa shape index (κ1) is 22.6. The fraction of sp³-hybridized carbons (Fsp3) is 0.526. The molecule has 1 heterocycles. The first-order chi connectivity index (χ1) is 13.8. The summed E-state index contributed by atoms with van der Waals surface area (Å²) in [4.78, 5) is 31.3. The second-order valence-corrected chi connectivity index (χ2v) is 6.93. The molecule has 2 unspecified atom stereocenters. The van der Waals surface area contributed by atoms with Crippen LogP contribution in [0.2, 0.25) is 0 Å². The Bertz CT molecular complexity index is 675. The quantitative estimate of drug-likeness (QED) is 0.375. The highest BCUT2D eigenvalue weighted by atomic mass is 16.6. The molecule has 0 spiro atoms. The lowest BCUT2D eigenvalue weighted by atomic mass is 10.1. The van der Waals surface area contributed by atoms with Gasteiger partial charge in [0.15, 0.2) is 12.2 Å². The van der Waals surface area contributed by atoms with Gasteiger partial charge in [-0.1, -0.05) is 30.3 Å². The number of nitrogens with one attached hydrogen (secondary N) is 2. The van der Waals surface area contributed by atoms with E-state index < -0.39 is 24.1 Å². The highest BCUT2D eigenvalue weighted by molar-refractivity contribution is 5.83. The monoisotopic (exact) mass is 410 g/mol. The van der Waals surface area contributed by atoms with E-state index in [-0.39, 0.29) is 18.2 Å². The topological polar surface area (TPSA) is 165 Å². The largest absolute Gasteiger partial charge is 0.479 e. The number of carboxylic acid groups (broad SMARTS) is 2. The van der Waals surface area contributed by atoms with Crippen LogP contribution >= 0.6 is 0 Å². The first-order valence-electron chi connectivity index (χ1n) is 9.34. The van der Waals surface area contributed by atoms with Crippen LogP contribution in [-0.4, -0.2) is 75.9 Å². The van der Waals surface area contributed by atoms with Gasteiger partial charge in [-0.05, 0) is 37.9 Å². The minimum atomic E-state index is -2.27. The Morgan fingerprint density at radius 1 is 1.00 bits per heavy atom. The number of alkyl carbamates (subject to hydrolysis) is 1. The van der Waals surface area contributed by atoms with Crippen LogP contribution in [-0.2, 0) is 14.3 Å². The fourth-order valence-electron chi connectivity index (χ4n) is 2.93. The Kier molecular flexibility index (Phi) is 8.37. The summed E-state index contributed by atoms with van der Waals surface area (Å²) in [6.07, 6.45) is -1.80. The molecule has 3 rings (SSSR count). The summed E-state index contributed by atoms with van der Waals surface area (Å²) in [6, 6.07) is 10.5. The molecule has 1 aliphatic heterocycles. The van der Waals surface area contributed by atoms with Crippen molar-refractivity contribution in [3.63, 3.8) is 0 Å². The number of benzene rings is 1. The minimum Gasteiger partial charge on any atom is -0.479 e. The Hall–Kier alpha value is -2.69. The summed E-state index contributed by atoms with van der Waals surface area (Å²) in [7, 11) is 0. The predicted molar refractivity (Wildman–Crippen MR) is 100 cm³/mol. The molecule has 0 radical (unpaired) electrons. The lowest BCUT2D eigenvalue weighted by Gasteiger charge is -2.23. The molecule has 29 heavy (non-hydrogen) atoms. The van der Waals surface area contributed by atoms with Gasteiger partial charge >= 0.3 is 18.0 Å². The number of ether oxygens (including phenoxy) is 1. The van der Waals surface area contributed by atoms with Crippen molar-refractivity contribution in [2.24, 2.45) is 0 Å². The van der Waals surface area contributed by atoms with Gasteiger partial charge in [0.1, 0.15) is 6.10 Å². The Morgan fingerprint density at radius 3 is 2.07 bits per heavy atom. The van der Waals surface area contributed by atoms with E-state index in [9.17, 15) is 14.4 Å². The second-order valence-electron chi connectivity index (χ2n) is 6.93. The van der Waals surface area contributed by atoms with Crippen molar-refractivity contribution >= 4 is 18.0 Å². The maximum absolute atomic E-state index is 11.8. The Balaban J connectivity index is 0.000000257. The van der Waals surface area contributed by atoms with Crippen molar-refractivity contribution in [1.82, 2.24) is 10.6 Å². The predicted octanol–water partition coefficient (Wildman–Crippen LogP) is -0.102. The Morgan fingerprint density at radius 2 is 1.55 bits per heavy atom. The lowest BCUT2D eigenvalue weighted by molar-refractivity contribution is -0.165. The molecule has 0 aromatic heterocycles. The number of aliphatic hydroxyl groups excluding tert-OH is 2. The molecule has 160 valence electrons. The fourth-order valence-corrected chi connectivity index (χ4v) is 2.93. The van der Waals surface area contributed by atoms with E-state index >= 15 is 0 Å². The van der Waals surface area contributed by atoms with E-state index in [2.05, 4.69) is 22.8 Å². The molecule has 2 fully saturated rings. The molecule has 1 saturated carbocycles. The van der Waals surface area contributed by atoms with E-state index in [1.165, 1.54) is 5.56 Å². The van der Waals surface area contributed by atoms with Crippen LogP contribution in [0.25, 0.3) is 0 Å². The third-order valence-electron chi connectivity index (χ3n) is 4.68. The summed E-state index contributed by atoms with van der Waals surface area (Å²) >= 11 is 0. The van der Waals surface area contributed by atoms with Gasteiger partial charge in [0, 0.05) is 12.0 Å². The van der Waals surface area contributed by atoms with E-state index in [1.54, 1.807) is 0 Å². The van der Waals surface area contributed by atoms with Gasteiger partial charge in [-0.25, -0.2) is 14.4 Å². The van der Waals surface area contributed by atoms with Crippen LogP contribution in [0.3, 0.4) is 0 Å². The average Bonchev–Trinajstić information content (AvgIpc) is 3.47. The SMILES string of the molecule is O=C(NC1CCNCC1)O[C@H]1C[C@H]1c1ccccc1.O=C(O)C(O)C(O)C(=O)O. The van der Waals surface area contributed by atoms with Gasteiger partial charge in [0.05, 0.1) is 0 Å². The van der Waals surface area contributed by atoms with E-state index in [0.29, 0.717) is 5.92 Å². The van der Waals surface area contributed by atoms with Crippen LogP contribution in [0, 0.1) is 0 Å². The highest BCUT2D eigenvalue weighted by Crippen LogP contribution is 2.43. The number of piperidine rings is 1. The molecule has 1 aromatic rings. The molecular formula is C19H26N2O8. The van der Waals surface area contributed by atoms with Crippen molar-refractivity contribution in [1.29, 1.82) is 0 Å². The molecule has 1 amide bonds. The molecule has 4 atom stereocenters. The van der Waals surface area contributed by atoms with Gasteiger partial charge in [0.25, 0.3) is 0 Å². The van der Waals surface area contributed by atoms with Crippen molar-refractivity contribution in [3.8, 4) is 0 Å². The molecule has 6 N–H and O–H groups in total. The number of aliphatic hydroxyl groups is 2. The molecule has 1 aliphatic carbocycles. The molecule has 0 bridgehead atoms. The van der Waals surface area contributed by atoms with Crippen LogP contribution in [0.5, 0.6) is 0 Å². The van der Waals surface area contributed by atoms with Crippen LogP contribution < -0.4 is 10.6 Å². The summed E-state index contributed by atoms with van der Waals surface area (Å²) in [6.45, 7) is 1.95. The normalized spacial score (nSPS) is 23.0. The number of carboxylic acids is 2.